The van der Waals surface area contributed by atoms with E-state index in [4.69, 9.17) is 10.8 Å². The van der Waals surface area contributed by atoms with E-state index >= 15 is 0 Å². The Morgan fingerprint density at radius 1 is 1.33 bits per heavy atom. The number of amides is 1. The zero-order chi connectivity index (χ0) is 13.9. The van der Waals surface area contributed by atoms with Gasteiger partial charge in [-0.3, -0.25) is 4.79 Å². The summed E-state index contributed by atoms with van der Waals surface area (Å²) in [4.78, 5) is 21.3. The zero-order valence-corrected chi connectivity index (χ0v) is 9.21. The van der Waals surface area contributed by atoms with Crippen LogP contribution in [0.3, 0.4) is 0 Å². The van der Waals surface area contributed by atoms with Gasteiger partial charge in [0.15, 0.2) is 0 Å². The van der Waals surface area contributed by atoms with Crippen molar-refractivity contribution >= 4 is 11.9 Å². The number of primary amides is 1. The number of hydrogen-bond donors (Lipinski definition) is 4. The first-order valence-electron chi connectivity index (χ1n) is 5.00. The van der Waals surface area contributed by atoms with Gasteiger partial charge in [-0.15, -0.1) is 0 Å². The molecule has 0 spiro atoms. The highest BCUT2D eigenvalue weighted by atomic mass is 19.1. The molecule has 1 aromatic rings. The number of aliphatic hydroxyl groups excluding tert-OH is 2. The largest absolute Gasteiger partial charge is 0.478 e. The number of carbonyl (C=O) groups excluding carboxylic acids is 1. The maximum absolute atomic E-state index is 13.4. The summed E-state index contributed by atoms with van der Waals surface area (Å²) < 4.78 is 13.4. The molecule has 7 heteroatoms. The Kier molecular flexibility index (Phi) is 4.35. The van der Waals surface area contributed by atoms with E-state index in [1.54, 1.807) is 0 Å². The van der Waals surface area contributed by atoms with Crippen LogP contribution in [0.2, 0.25) is 0 Å². The van der Waals surface area contributed by atoms with E-state index < -0.39 is 41.9 Å². The Hall–Kier alpha value is -1.99. The van der Waals surface area contributed by atoms with Crippen LogP contribution in [0.1, 0.15) is 28.4 Å². The van der Waals surface area contributed by atoms with Crippen LogP contribution in [0.4, 0.5) is 4.39 Å². The van der Waals surface area contributed by atoms with Crippen molar-refractivity contribution in [2.45, 2.75) is 18.6 Å². The fourth-order valence-electron chi connectivity index (χ4n) is 1.43. The fraction of sp³-hybridized carbons (Fsp3) is 0.273. The van der Waals surface area contributed by atoms with E-state index in [1.807, 2.05) is 0 Å². The molecule has 2 atom stereocenters. The molecule has 0 fully saturated rings. The van der Waals surface area contributed by atoms with Crippen LogP contribution >= 0.6 is 0 Å². The maximum Gasteiger partial charge on any atom is 0.335 e. The second kappa shape index (κ2) is 5.56. The van der Waals surface area contributed by atoms with Crippen LogP contribution in [-0.4, -0.2) is 33.3 Å². The van der Waals surface area contributed by atoms with Crippen LogP contribution < -0.4 is 5.73 Å². The normalized spacial score (nSPS) is 13.9. The molecule has 18 heavy (non-hydrogen) atoms. The van der Waals surface area contributed by atoms with E-state index in [0.717, 1.165) is 18.2 Å². The molecule has 0 aliphatic carbocycles. The molecule has 0 aliphatic rings. The molecule has 0 aromatic heterocycles. The van der Waals surface area contributed by atoms with E-state index in [2.05, 4.69) is 0 Å². The minimum absolute atomic E-state index is 0.239. The van der Waals surface area contributed by atoms with E-state index in [1.165, 1.54) is 0 Å². The third-order valence-corrected chi connectivity index (χ3v) is 2.34. The Labute approximate surface area is 101 Å². The minimum atomic E-state index is -1.73. The number of nitrogens with two attached hydrogens (primary N) is 1. The van der Waals surface area contributed by atoms with Crippen LogP contribution in [0.15, 0.2) is 18.2 Å². The van der Waals surface area contributed by atoms with Crippen molar-refractivity contribution < 1.29 is 29.3 Å². The average Bonchev–Trinajstić information content (AvgIpc) is 2.27. The van der Waals surface area contributed by atoms with Crippen molar-refractivity contribution in [2.24, 2.45) is 5.73 Å². The third kappa shape index (κ3) is 3.25. The molecule has 0 saturated carbocycles. The average molecular weight is 257 g/mol. The van der Waals surface area contributed by atoms with Gasteiger partial charge in [0.1, 0.15) is 11.9 Å². The summed E-state index contributed by atoms with van der Waals surface area (Å²) in [5.74, 6) is -3.04. The Bertz CT molecular complexity index is 477. The summed E-state index contributed by atoms with van der Waals surface area (Å²) in [6.45, 7) is 0. The molecule has 6 nitrogen and oxygen atoms in total. The number of rotatable bonds is 5. The number of carbonyl (C=O) groups is 2. The van der Waals surface area contributed by atoms with Crippen molar-refractivity contribution in [1.82, 2.24) is 0 Å². The first kappa shape index (κ1) is 14.1. The highest BCUT2D eigenvalue weighted by Gasteiger charge is 2.24. The monoisotopic (exact) mass is 257 g/mol. The van der Waals surface area contributed by atoms with Crippen molar-refractivity contribution in [1.29, 1.82) is 0 Å². The highest BCUT2D eigenvalue weighted by Crippen LogP contribution is 2.23. The predicted octanol–water partition coefficient (Wildman–Crippen LogP) is -0.206. The van der Waals surface area contributed by atoms with Gasteiger partial charge in [0.05, 0.1) is 18.1 Å². The summed E-state index contributed by atoms with van der Waals surface area (Å²) >= 11 is 0. The van der Waals surface area contributed by atoms with Gasteiger partial charge in [-0.1, -0.05) is 0 Å². The molecule has 2 unspecified atom stereocenters. The summed E-state index contributed by atoms with van der Waals surface area (Å²) in [7, 11) is 0. The van der Waals surface area contributed by atoms with Gasteiger partial charge in [-0.25, -0.2) is 9.18 Å². The molecule has 0 saturated heterocycles. The lowest BCUT2D eigenvalue weighted by atomic mass is 9.99. The smallest absolute Gasteiger partial charge is 0.335 e. The first-order valence-corrected chi connectivity index (χ1v) is 5.00. The molecular formula is C11H12FNO5. The van der Waals surface area contributed by atoms with Crippen molar-refractivity contribution in [3.8, 4) is 0 Å². The molecule has 1 amide bonds. The lowest BCUT2D eigenvalue weighted by Gasteiger charge is -2.17. The molecule has 0 bridgehead atoms. The topological polar surface area (TPSA) is 121 Å². The van der Waals surface area contributed by atoms with Gasteiger partial charge < -0.3 is 21.1 Å². The van der Waals surface area contributed by atoms with Gasteiger partial charge >= 0.3 is 5.97 Å². The van der Waals surface area contributed by atoms with Gasteiger partial charge in [0.25, 0.3) is 0 Å². The number of aromatic carboxylic acids is 1. The van der Waals surface area contributed by atoms with Crippen LogP contribution in [0, 0.1) is 5.82 Å². The van der Waals surface area contributed by atoms with E-state index in [9.17, 15) is 24.2 Å². The summed E-state index contributed by atoms with van der Waals surface area (Å²) in [5, 5.41) is 27.8. The molecule has 1 aromatic carbocycles. The van der Waals surface area contributed by atoms with Gasteiger partial charge in [-0.2, -0.15) is 0 Å². The van der Waals surface area contributed by atoms with Crippen LogP contribution in [0.25, 0.3) is 0 Å². The van der Waals surface area contributed by atoms with Gasteiger partial charge in [0.2, 0.25) is 5.91 Å². The molecule has 0 radical (unpaired) electrons. The number of benzene rings is 1. The SMILES string of the molecule is NC(=O)CC(O)C(O)c1cc(C(=O)O)ccc1F. The molecule has 0 aliphatic heterocycles. The van der Waals surface area contributed by atoms with E-state index in [-0.39, 0.29) is 5.56 Å². The fourth-order valence-corrected chi connectivity index (χ4v) is 1.43. The standard InChI is InChI=1S/C11H12FNO5/c12-7-2-1-5(11(17)18)3-6(7)10(16)8(14)4-9(13)15/h1-3,8,10,14,16H,4H2,(H2,13,15)(H,17,18). The molecule has 1 rings (SSSR count). The van der Waals surface area contributed by atoms with Crippen LogP contribution in [-0.2, 0) is 4.79 Å². The maximum atomic E-state index is 13.4. The number of carboxylic acid groups (broad SMARTS) is 1. The molecule has 98 valence electrons. The second-order valence-electron chi connectivity index (χ2n) is 3.72. The predicted molar refractivity (Wildman–Crippen MR) is 58.1 cm³/mol. The number of hydrogen-bond acceptors (Lipinski definition) is 4. The van der Waals surface area contributed by atoms with Crippen molar-refractivity contribution in [2.75, 3.05) is 0 Å². The van der Waals surface area contributed by atoms with Crippen LogP contribution in [0.5, 0.6) is 0 Å². The van der Waals surface area contributed by atoms with Gasteiger partial charge in [-0.05, 0) is 18.2 Å². The number of aliphatic hydroxyl groups is 2. The lowest BCUT2D eigenvalue weighted by Crippen LogP contribution is -2.26. The Morgan fingerprint density at radius 2 is 1.94 bits per heavy atom. The Balaban J connectivity index is 3.03. The third-order valence-electron chi connectivity index (χ3n) is 2.34. The van der Waals surface area contributed by atoms with Gasteiger partial charge in [0, 0.05) is 5.56 Å². The molecule has 5 N–H and O–H groups in total. The Morgan fingerprint density at radius 3 is 2.44 bits per heavy atom. The molecule has 0 heterocycles. The lowest BCUT2D eigenvalue weighted by molar-refractivity contribution is -0.121. The minimum Gasteiger partial charge on any atom is -0.478 e. The molecular weight excluding hydrogens is 245 g/mol. The summed E-state index contributed by atoms with van der Waals surface area (Å²) in [6, 6.07) is 2.78. The summed E-state index contributed by atoms with van der Waals surface area (Å²) in [5.41, 5.74) is 4.19. The number of halogens is 1. The summed E-state index contributed by atoms with van der Waals surface area (Å²) in [6.07, 6.45) is -3.88. The van der Waals surface area contributed by atoms with E-state index in [0.29, 0.717) is 0 Å². The first-order chi connectivity index (χ1) is 8.32. The number of carboxylic acids is 1. The van der Waals surface area contributed by atoms with Crippen molar-refractivity contribution in [3.05, 3.63) is 35.1 Å². The quantitative estimate of drug-likeness (QED) is 0.581. The second-order valence-corrected chi connectivity index (χ2v) is 3.72. The zero-order valence-electron chi connectivity index (χ0n) is 9.21. The highest BCUT2D eigenvalue weighted by molar-refractivity contribution is 5.87. The van der Waals surface area contributed by atoms with Crippen molar-refractivity contribution in [3.63, 3.8) is 0 Å².